The van der Waals surface area contributed by atoms with E-state index < -0.39 is 15.8 Å². The van der Waals surface area contributed by atoms with Crippen LogP contribution in [0.3, 0.4) is 0 Å². The van der Waals surface area contributed by atoms with Crippen LogP contribution in [0, 0.1) is 20.2 Å². The summed E-state index contributed by atoms with van der Waals surface area (Å²) in [5, 5.41) is 24.9. The van der Waals surface area contributed by atoms with Crippen molar-refractivity contribution in [2.75, 3.05) is 13.2 Å². The van der Waals surface area contributed by atoms with Crippen LogP contribution in [0.1, 0.15) is 5.56 Å². The fourth-order valence-corrected chi connectivity index (χ4v) is 3.43. The monoisotopic (exact) mass is 522 g/mol. The molecule has 0 saturated carbocycles. The molecule has 1 aromatic heterocycles. The Balaban J connectivity index is 0.000000709. The third kappa shape index (κ3) is 6.71. The van der Waals surface area contributed by atoms with Gasteiger partial charge in [0.25, 0.3) is 10.8 Å². The molecule has 3 aromatic rings. The van der Waals surface area contributed by atoms with Crippen LogP contribution in [0.5, 0.6) is 5.75 Å². The van der Waals surface area contributed by atoms with E-state index in [4.69, 9.17) is 29.5 Å². The van der Waals surface area contributed by atoms with Gasteiger partial charge in [-0.2, -0.15) is 0 Å². The van der Waals surface area contributed by atoms with Crippen LogP contribution in [-0.4, -0.2) is 44.1 Å². The second kappa shape index (κ2) is 10.8. The van der Waals surface area contributed by atoms with Crippen LogP contribution in [0.15, 0.2) is 71.7 Å². The number of rotatable bonds is 7. The number of benzene rings is 2. The molecule has 1 saturated heterocycles. The maximum atomic E-state index is 11.2. The Morgan fingerprint density at radius 2 is 1.97 bits per heavy atom. The van der Waals surface area contributed by atoms with Crippen LogP contribution >= 0.6 is 15.9 Å². The van der Waals surface area contributed by atoms with E-state index in [9.17, 15) is 10.1 Å². The maximum Gasteiger partial charge on any atom is 0.291 e. The summed E-state index contributed by atoms with van der Waals surface area (Å²) in [6, 6.07) is 13.8. The van der Waals surface area contributed by atoms with Crippen molar-refractivity contribution in [3.05, 3.63) is 97.5 Å². The first-order chi connectivity index (χ1) is 15.8. The van der Waals surface area contributed by atoms with Gasteiger partial charge in [-0.3, -0.25) is 10.1 Å². The zero-order valence-electron chi connectivity index (χ0n) is 17.0. The molecule has 0 bridgehead atoms. The van der Waals surface area contributed by atoms with Gasteiger partial charge in [-0.1, -0.05) is 28.1 Å². The van der Waals surface area contributed by atoms with Gasteiger partial charge in [0.2, 0.25) is 5.79 Å². The Morgan fingerprint density at radius 1 is 1.24 bits per heavy atom. The molecule has 13 heteroatoms. The fraction of sp³-hybridized carbons (Fsp3) is 0.250. The molecule has 33 heavy (non-hydrogen) atoms. The lowest BCUT2D eigenvalue weighted by molar-refractivity contribution is -0.742. The van der Waals surface area contributed by atoms with E-state index >= 15 is 0 Å². The number of nitrogens with zero attached hydrogens (tertiary/aromatic N) is 4. The average molecular weight is 523 g/mol. The van der Waals surface area contributed by atoms with E-state index in [0.717, 1.165) is 10.2 Å². The first-order valence-corrected chi connectivity index (χ1v) is 10.3. The van der Waals surface area contributed by atoms with E-state index in [1.807, 2.05) is 28.8 Å². The van der Waals surface area contributed by atoms with Gasteiger partial charge in [-0.25, -0.2) is 4.98 Å². The molecular weight excluding hydrogens is 504 g/mol. The van der Waals surface area contributed by atoms with Crippen LogP contribution in [-0.2, 0) is 21.8 Å². The summed E-state index contributed by atoms with van der Waals surface area (Å²) in [7, 11) is 0. The van der Waals surface area contributed by atoms with E-state index in [1.54, 1.807) is 30.9 Å². The molecule has 1 aliphatic heterocycles. The SMILES string of the molecule is O=[N+]([O-])O.O=[N+]([O-])c1cccc(C2(Cn3ccnc3)OCC(COc3ccc(Br)cc3)O2)c1. The molecule has 2 unspecified atom stereocenters. The largest absolute Gasteiger partial charge is 0.491 e. The van der Waals surface area contributed by atoms with Crippen molar-refractivity contribution in [1.82, 2.24) is 9.55 Å². The van der Waals surface area contributed by atoms with Gasteiger partial charge in [0, 0.05) is 34.6 Å². The highest BCUT2D eigenvalue weighted by atomic mass is 79.9. The summed E-state index contributed by atoms with van der Waals surface area (Å²) in [6.07, 6.45) is 4.76. The molecule has 4 rings (SSSR count). The standard InChI is InChI=1S/C20H18BrN3O5.HNO3/c21-16-4-6-18(7-5-16)27-11-19-12-28-20(29-19,13-23-9-8-22-14-23)15-2-1-3-17(10-15)24(25)26;2-1(3)4/h1-10,14,19H,11-13H2;(H,2,3,4). The summed E-state index contributed by atoms with van der Waals surface area (Å²) in [4.78, 5) is 23.2. The van der Waals surface area contributed by atoms with Crippen LogP contribution in [0.2, 0.25) is 0 Å². The maximum absolute atomic E-state index is 11.2. The van der Waals surface area contributed by atoms with E-state index in [1.165, 1.54) is 12.1 Å². The molecule has 12 nitrogen and oxygen atoms in total. The molecule has 1 aliphatic rings. The Hall–Kier alpha value is -3.55. The zero-order chi connectivity index (χ0) is 23.8. The highest BCUT2D eigenvalue weighted by Crippen LogP contribution is 2.37. The lowest BCUT2D eigenvalue weighted by atomic mass is 10.0. The minimum Gasteiger partial charge on any atom is -0.491 e. The Morgan fingerprint density at radius 3 is 2.61 bits per heavy atom. The molecule has 2 heterocycles. The van der Waals surface area contributed by atoms with Crippen molar-refractivity contribution in [2.24, 2.45) is 0 Å². The summed E-state index contributed by atoms with van der Waals surface area (Å²) in [6.45, 7) is 0.902. The molecule has 0 spiro atoms. The minimum absolute atomic E-state index is 0.0192. The summed E-state index contributed by atoms with van der Waals surface area (Å²) in [5.41, 5.74) is 0.556. The Labute approximate surface area is 195 Å². The number of imidazole rings is 1. The summed E-state index contributed by atoms with van der Waals surface area (Å²) in [5.74, 6) is -0.445. The van der Waals surface area contributed by atoms with Gasteiger partial charge in [0.05, 0.1) is 24.4 Å². The van der Waals surface area contributed by atoms with Crippen LogP contribution in [0.4, 0.5) is 5.69 Å². The molecular formula is C20H19BrN4O8. The van der Waals surface area contributed by atoms with Crippen molar-refractivity contribution in [3.8, 4) is 5.75 Å². The smallest absolute Gasteiger partial charge is 0.291 e. The molecule has 1 fully saturated rings. The number of hydrogen-bond donors (Lipinski definition) is 1. The van der Waals surface area contributed by atoms with Gasteiger partial charge in [0.15, 0.2) is 0 Å². The van der Waals surface area contributed by atoms with Crippen molar-refractivity contribution in [2.45, 2.75) is 18.4 Å². The van der Waals surface area contributed by atoms with Gasteiger partial charge in [-0.05, 0) is 24.3 Å². The Kier molecular flexibility index (Phi) is 7.92. The van der Waals surface area contributed by atoms with E-state index in [-0.39, 0.29) is 11.8 Å². The summed E-state index contributed by atoms with van der Waals surface area (Å²) < 4.78 is 20.9. The first kappa shape index (κ1) is 24.1. The highest BCUT2D eigenvalue weighted by Gasteiger charge is 2.44. The Bertz CT molecular complexity index is 1080. The number of aromatic nitrogens is 2. The zero-order valence-corrected chi connectivity index (χ0v) is 18.6. The highest BCUT2D eigenvalue weighted by molar-refractivity contribution is 9.10. The average Bonchev–Trinajstić information content (AvgIpc) is 3.44. The molecule has 0 radical (unpaired) electrons. The molecule has 2 atom stereocenters. The van der Waals surface area contributed by atoms with E-state index in [0.29, 0.717) is 25.3 Å². The predicted molar refractivity (Wildman–Crippen MR) is 116 cm³/mol. The van der Waals surface area contributed by atoms with Gasteiger partial charge in [0.1, 0.15) is 18.5 Å². The van der Waals surface area contributed by atoms with Crippen molar-refractivity contribution >= 4 is 21.6 Å². The number of hydrogen-bond acceptors (Lipinski definition) is 8. The van der Waals surface area contributed by atoms with E-state index in [2.05, 4.69) is 20.9 Å². The number of halogens is 1. The number of ether oxygens (including phenoxy) is 3. The van der Waals surface area contributed by atoms with Crippen LogP contribution < -0.4 is 4.74 Å². The molecule has 174 valence electrons. The number of nitro benzene ring substituents is 1. The fourth-order valence-electron chi connectivity index (χ4n) is 3.17. The second-order valence-corrected chi connectivity index (χ2v) is 7.76. The second-order valence-electron chi connectivity index (χ2n) is 6.85. The third-order valence-electron chi connectivity index (χ3n) is 4.56. The number of non-ortho nitro benzene ring substituents is 1. The quantitative estimate of drug-likeness (QED) is 0.362. The topological polar surface area (TPSA) is 152 Å². The third-order valence-corrected chi connectivity index (χ3v) is 5.08. The lowest BCUT2D eigenvalue weighted by Gasteiger charge is -2.29. The number of nitro groups is 1. The van der Waals surface area contributed by atoms with Gasteiger partial charge < -0.3 is 24.0 Å². The molecule has 0 amide bonds. The van der Waals surface area contributed by atoms with Gasteiger partial charge >= 0.3 is 0 Å². The molecule has 2 aromatic carbocycles. The van der Waals surface area contributed by atoms with Crippen LogP contribution in [0.25, 0.3) is 0 Å². The van der Waals surface area contributed by atoms with Crippen molar-refractivity contribution < 1.29 is 29.4 Å². The first-order valence-electron chi connectivity index (χ1n) is 9.51. The van der Waals surface area contributed by atoms with Gasteiger partial charge in [-0.15, -0.1) is 10.1 Å². The van der Waals surface area contributed by atoms with Crippen molar-refractivity contribution in [1.29, 1.82) is 0 Å². The molecule has 1 N–H and O–H groups in total. The minimum atomic E-state index is -1.50. The van der Waals surface area contributed by atoms with Crippen molar-refractivity contribution in [3.63, 3.8) is 0 Å². The summed E-state index contributed by atoms with van der Waals surface area (Å²) >= 11 is 3.39. The normalized spacial score (nSPS) is 19.4. The predicted octanol–water partition coefficient (Wildman–Crippen LogP) is 3.55. The lowest BCUT2D eigenvalue weighted by Crippen LogP contribution is -2.34. The molecule has 0 aliphatic carbocycles.